The molecule has 18 heavy (non-hydrogen) atoms. The van der Waals surface area contributed by atoms with Crippen LogP contribution in [0.5, 0.6) is 0 Å². The van der Waals surface area contributed by atoms with Crippen LogP contribution in [0.3, 0.4) is 0 Å². The van der Waals surface area contributed by atoms with Crippen LogP contribution in [-0.4, -0.2) is 37.3 Å². The van der Waals surface area contributed by atoms with Crippen LogP contribution in [0.1, 0.15) is 24.3 Å². The summed E-state index contributed by atoms with van der Waals surface area (Å²) in [5, 5.41) is 3.05. The fraction of sp³-hybridized carbons (Fsp3) is 0.500. The molecule has 0 saturated heterocycles. The smallest absolute Gasteiger partial charge is 0.356 e. The zero-order valence-electron chi connectivity index (χ0n) is 11.1. The molecule has 1 aromatic heterocycles. The number of aromatic nitrogens is 1. The van der Waals surface area contributed by atoms with E-state index in [4.69, 9.17) is 10.5 Å². The van der Waals surface area contributed by atoms with Gasteiger partial charge in [0.15, 0.2) is 5.69 Å². The third kappa shape index (κ3) is 3.59. The standard InChI is InChI=1S/C12H19N3O3/c1-12(2,18-4)7-14-10-8(13)5-6-9(15-10)11(16)17-3/h5-6H,7,13H2,1-4H3,(H,14,15). The highest BCUT2D eigenvalue weighted by atomic mass is 16.5. The SMILES string of the molecule is COC(=O)c1ccc(N)c(NCC(C)(C)OC)n1. The van der Waals surface area contributed by atoms with Crippen LogP contribution in [-0.2, 0) is 9.47 Å². The number of carbonyl (C=O) groups excluding carboxylic acids is 1. The predicted octanol–water partition coefficient (Wildman–Crippen LogP) is 1.29. The number of hydrogen-bond acceptors (Lipinski definition) is 6. The van der Waals surface area contributed by atoms with Crippen LogP contribution in [0, 0.1) is 0 Å². The van der Waals surface area contributed by atoms with Gasteiger partial charge in [-0.25, -0.2) is 9.78 Å². The molecule has 0 aromatic carbocycles. The van der Waals surface area contributed by atoms with E-state index in [1.165, 1.54) is 13.2 Å². The van der Waals surface area contributed by atoms with E-state index in [2.05, 4.69) is 15.0 Å². The fourth-order valence-electron chi connectivity index (χ4n) is 1.20. The van der Waals surface area contributed by atoms with Gasteiger partial charge in [-0.05, 0) is 26.0 Å². The molecular weight excluding hydrogens is 234 g/mol. The minimum Gasteiger partial charge on any atom is -0.464 e. The largest absolute Gasteiger partial charge is 0.464 e. The summed E-state index contributed by atoms with van der Waals surface area (Å²) >= 11 is 0. The van der Waals surface area contributed by atoms with Gasteiger partial charge in [0.1, 0.15) is 5.82 Å². The molecule has 0 bridgehead atoms. The molecule has 6 heteroatoms. The molecule has 0 atom stereocenters. The quantitative estimate of drug-likeness (QED) is 0.769. The Morgan fingerprint density at radius 2 is 2.11 bits per heavy atom. The van der Waals surface area contributed by atoms with Crippen molar-refractivity contribution in [3.05, 3.63) is 17.8 Å². The average Bonchev–Trinajstić information content (AvgIpc) is 2.37. The molecule has 1 rings (SSSR count). The van der Waals surface area contributed by atoms with Crippen molar-refractivity contribution in [2.45, 2.75) is 19.4 Å². The zero-order chi connectivity index (χ0) is 13.8. The summed E-state index contributed by atoms with van der Waals surface area (Å²) in [5.41, 5.74) is 6.11. The summed E-state index contributed by atoms with van der Waals surface area (Å²) in [6.45, 7) is 4.38. The number of rotatable bonds is 5. The second kappa shape index (κ2) is 5.68. The highest BCUT2D eigenvalue weighted by molar-refractivity contribution is 5.88. The molecule has 0 radical (unpaired) electrons. The number of ether oxygens (including phenoxy) is 2. The summed E-state index contributed by atoms with van der Waals surface area (Å²) in [7, 11) is 2.94. The van der Waals surface area contributed by atoms with Gasteiger partial charge in [0, 0.05) is 13.7 Å². The summed E-state index contributed by atoms with van der Waals surface area (Å²) in [4.78, 5) is 15.5. The molecule has 100 valence electrons. The number of esters is 1. The second-order valence-electron chi connectivity index (χ2n) is 4.44. The van der Waals surface area contributed by atoms with Gasteiger partial charge in [0.2, 0.25) is 0 Å². The fourth-order valence-corrected chi connectivity index (χ4v) is 1.20. The third-order valence-electron chi connectivity index (χ3n) is 2.56. The van der Waals surface area contributed by atoms with Gasteiger partial charge in [0.25, 0.3) is 0 Å². The number of hydrogen-bond donors (Lipinski definition) is 2. The van der Waals surface area contributed by atoms with Gasteiger partial charge in [-0.2, -0.15) is 0 Å². The zero-order valence-corrected chi connectivity index (χ0v) is 11.1. The summed E-state index contributed by atoms with van der Waals surface area (Å²) < 4.78 is 9.88. The van der Waals surface area contributed by atoms with Crippen LogP contribution < -0.4 is 11.1 Å². The first kappa shape index (κ1) is 14.2. The molecule has 0 amide bonds. The number of pyridine rings is 1. The third-order valence-corrected chi connectivity index (χ3v) is 2.56. The van der Waals surface area contributed by atoms with Crippen LogP contribution >= 0.6 is 0 Å². The number of carbonyl (C=O) groups is 1. The average molecular weight is 253 g/mol. The number of nitrogens with two attached hydrogens (primary N) is 1. The number of nitrogens with zero attached hydrogens (tertiary/aromatic N) is 1. The van der Waals surface area contributed by atoms with Crippen molar-refractivity contribution in [3.8, 4) is 0 Å². The lowest BCUT2D eigenvalue weighted by molar-refractivity contribution is 0.0343. The van der Waals surface area contributed by atoms with Crippen molar-refractivity contribution in [1.29, 1.82) is 0 Å². The molecule has 0 fully saturated rings. The molecule has 0 aliphatic rings. The van der Waals surface area contributed by atoms with Gasteiger partial charge in [-0.15, -0.1) is 0 Å². The second-order valence-corrected chi connectivity index (χ2v) is 4.44. The molecule has 3 N–H and O–H groups in total. The van der Waals surface area contributed by atoms with Crippen molar-refractivity contribution in [1.82, 2.24) is 4.98 Å². The summed E-state index contributed by atoms with van der Waals surface area (Å²) in [6, 6.07) is 3.13. The molecular formula is C12H19N3O3. The van der Waals surface area contributed by atoms with Gasteiger partial charge >= 0.3 is 5.97 Å². The Kier molecular flexibility index (Phi) is 4.49. The molecule has 0 aliphatic carbocycles. The number of anilines is 2. The Hall–Kier alpha value is -1.82. The van der Waals surface area contributed by atoms with Gasteiger partial charge in [0.05, 0.1) is 18.4 Å². The lowest BCUT2D eigenvalue weighted by atomic mass is 10.1. The highest BCUT2D eigenvalue weighted by Gasteiger charge is 2.17. The van der Waals surface area contributed by atoms with Crippen molar-refractivity contribution in [2.24, 2.45) is 0 Å². The summed E-state index contributed by atoms with van der Waals surface area (Å²) in [5.74, 6) is -0.0490. The molecule has 0 aliphatic heterocycles. The minimum atomic E-state index is -0.496. The summed E-state index contributed by atoms with van der Waals surface area (Å²) in [6.07, 6.45) is 0. The maximum absolute atomic E-state index is 11.4. The van der Waals surface area contributed by atoms with Crippen LogP contribution in [0.4, 0.5) is 11.5 Å². The van der Waals surface area contributed by atoms with Crippen molar-refractivity contribution < 1.29 is 14.3 Å². The Labute approximate surface area is 106 Å². The first-order valence-corrected chi connectivity index (χ1v) is 5.53. The van der Waals surface area contributed by atoms with E-state index < -0.39 is 5.97 Å². The first-order valence-electron chi connectivity index (χ1n) is 5.53. The lowest BCUT2D eigenvalue weighted by Crippen LogP contribution is -2.32. The van der Waals surface area contributed by atoms with Gasteiger partial charge < -0.3 is 20.5 Å². The van der Waals surface area contributed by atoms with Gasteiger partial charge in [-0.3, -0.25) is 0 Å². The molecule has 1 heterocycles. The first-order chi connectivity index (χ1) is 8.39. The molecule has 0 unspecified atom stereocenters. The molecule has 0 saturated carbocycles. The van der Waals surface area contributed by atoms with E-state index in [1.807, 2.05) is 13.8 Å². The van der Waals surface area contributed by atoms with E-state index in [0.29, 0.717) is 18.1 Å². The Morgan fingerprint density at radius 1 is 1.44 bits per heavy atom. The molecule has 1 aromatic rings. The number of methoxy groups -OCH3 is 2. The predicted molar refractivity (Wildman–Crippen MR) is 69.6 cm³/mol. The van der Waals surface area contributed by atoms with Crippen molar-refractivity contribution in [3.63, 3.8) is 0 Å². The number of nitrogen functional groups attached to an aromatic ring is 1. The van der Waals surface area contributed by atoms with E-state index in [0.717, 1.165) is 0 Å². The number of nitrogens with one attached hydrogen (secondary N) is 1. The topological polar surface area (TPSA) is 86.5 Å². The van der Waals surface area contributed by atoms with E-state index in [1.54, 1.807) is 13.2 Å². The van der Waals surface area contributed by atoms with E-state index in [9.17, 15) is 4.79 Å². The Balaban J connectivity index is 2.85. The maximum Gasteiger partial charge on any atom is 0.356 e. The van der Waals surface area contributed by atoms with E-state index in [-0.39, 0.29) is 11.3 Å². The van der Waals surface area contributed by atoms with Crippen LogP contribution in [0.15, 0.2) is 12.1 Å². The minimum absolute atomic E-state index is 0.212. The maximum atomic E-state index is 11.4. The normalized spacial score (nSPS) is 11.1. The van der Waals surface area contributed by atoms with Crippen LogP contribution in [0.25, 0.3) is 0 Å². The Morgan fingerprint density at radius 3 is 2.67 bits per heavy atom. The van der Waals surface area contributed by atoms with Crippen molar-refractivity contribution >= 4 is 17.5 Å². The van der Waals surface area contributed by atoms with Crippen molar-refractivity contribution in [2.75, 3.05) is 31.8 Å². The van der Waals surface area contributed by atoms with E-state index >= 15 is 0 Å². The molecule has 6 nitrogen and oxygen atoms in total. The Bertz CT molecular complexity index is 433. The van der Waals surface area contributed by atoms with Crippen LogP contribution in [0.2, 0.25) is 0 Å². The van der Waals surface area contributed by atoms with Gasteiger partial charge in [-0.1, -0.05) is 0 Å². The molecule has 0 spiro atoms. The highest BCUT2D eigenvalue weighted by Crippen LogP contribution is 2.18. The lowest BCUT2D eigenvalue weighted by Gasteiger charge is -2.23. The monoisotopic (exact) mass is 253 g/mol.